The van der Waals surface area contributed by atoms with Crippen LogP contribution in [0.25, 0.3) is 0 Å². The molecule has 2 rings (SSSR count). The van der Waals surface area contributed by atoms with Gasteiger partial charge in [-0.05, 0) is 63.2 Å². The van der Waals surface area contributed by atoms with Crippen LogP contribution in [-0.2, 0) is 29.2 Å². The van der Waals surface area contributed by atoms with Crippen LogP contribution in [0.2, 0.25) is 0 Å². The van der Waals surface area contributed by atoms with Crippen molar-refractivity contribution in [2.75, 3.05) is 0 Å². The third-order valence-electron chi connectivity index (χ3n) is 7.61. The third kappa shape index (κ3) is 7.41. The van der Waals surface area contributed by atoms with E-state index >= 15 is 0 Å². The predicted molar refractivity (Wildman–Crippen MR) is 127 cm³/mol. The first kappa shape index (κ1) is 28.1. The highest BCUT2D eigenvalue weighted by Gasteiger charge is 2.62. The third-order valence-corrected chi connectivity index (χ3v) is 8.91. The van der Waals surface area contributed by atoms with Gasteiger partial charge in [-0.25, -0.2) is 0 Å². The molecule has 0 spiro atoms. The van der Waals surface area contributed by atoms with Crippen molar-refractivity contribution >= 4 is 22.1 Å². The first-order chi connectivity index (χ1) is 15.7. The van der Waals surface area contributed by atoms with Crippen LogP contribution in [-0.4, -0.2) is 42.4 Å². The van der Waals surface area contributed by atoms with Gasteiger partial charge in [-0.3, -0.25) is 14.1 Å². The van der Waals surface area contributed by atoms with E-state index in [4.69, 9.17) is 9.47 Å². The predicted octanol–water partition coefficient (Wildman–Crippen LogP) is 5.32. The Labute approximate surface area is 200 Å². The lowest BCUT2D eigenvalue weighted by Crippen LogP contribution is -2.45. The Kier molecular flexibility index (Phi) is 11.1. The first-order valence-corrected chi connectivity index (χ1v) is 14.5. The second-order valence-electron chi connectivity index (χ2n) is 9.93. The number of fused-ring (bicyclic) bond motifs is 2. The van der Waals surface area contributed by atoms with Gasteiger partial charge in [0.25, 0.3) is 10.1 Å². The minimum absolute atomic E-state index is 0.188. The zero-order valence-electron chi connectivity index (χ0n) is 20.8. The number of rotatable bonds is 15. The molecule has 0 heterocycles. The average molecular weight is 489 g/mol. The molecule has 0 radical (unpaired) electrons. The summed E-state index contributed by atoms with van der Waals surface area (Å²) in [5.74, 6) is -3.41. The SMILES string of the molecule is CCCCC[C@@H](CC)OC(=O)C1C(C(=O)O[C@H](CC)CCCCC)[C@H]2C[C@@H]1C[C@@H]2S(=O)(=O)O. The molecule has 0 saturated heterocycles. The summed E-state index contributed by atoms with van der Waals surface area (Å²) in [5.41, 5.74) is 0. The maximum Gasteiger partial charge on any atom is 0.310 e. The maximum atomic E-state index is 13.3. The fourth-order valence-electron chi connectivity index (χ4n) is 5.73. The van der Waals surface area contributed by atoms with Crippen molar-refractivity contribution in [2.24, 2.45) is 23.7 Å². The fourth-order valence-corrected chi connectivity index (χ4v) is 6.94. The molecule has 8 heteroatoms. The summed E-state index contributed by atoms with van der Waals surface area (Å²) in [4.78, 5) is 26.5. The maximum absolute atomic E-state index is 13.3. The van der Waals surface area contributed by atoms with Crippen molar-refractivity contribution < 1.29 is 32.0 Å². The Morgan fingerprint density at radius 3 is 1.73 bits per heavy atom. The normalized spacial score (nSPS) is 28.5. The van der Waals surface area contributed by atoms with Crippen molar-refractivity contribution in [1.82, 2.24) is 0 Å². The van der Waals surface area contributed by atoms with Gasteiger partial charge in [0, 0.05) is 0 Å². The van der Waals surface area contributed by atoms with Gasteiger partial charge < -0.3 is 9.47 Å². The summed E-state index contributed by atoms with van der Waals surface area (Å²) in [7, 11) is -4.30. The van der Waals surface area contributed by atoms with Gasteiger partial charge in [0.1, 0.15) is 12.2 Å². The van der Waals surface area contributed by atoms with E-state index in [1.54, 1.807) is 0 Å². The first-order valence-electron chi connectivity index (χ1n) is 13.0. The average Bonchev–Trinajstić information content (AvgIpc) is 3.36. The summed E-state index contributed by atoms with van der Waals surface area (Å²) in [6.07, 6.45) is 9.28. The molecular weight excluding hydrogens is 444 g/mol. The zero-order chi connectivity index (χ0) is 24.6. The van der Waals surface area contributed by atoms with Crippen molar-refractivity contribution in [1.29, 1.82) is 0 Å². The smallest absolute Gasteiger partial charge is 0.310 e. The van der Waals surface area contributed by atoms with Gasteiger partial charge in [-0.1, -0.05) is 53.4 Å². The monoisotopic (exact) mass is 488 g/mol. The van der Waals surface area contributed by atoms with Crippen LogP contribution < -0.4 is 0 Å². The summed E-state index contributed by atoms with van der Waals surface area (Å²) in [6.45, 7) is 8.17. The summed E-state index contributed by atoms with van der Waals surface area (Å²) in [5, 5.41) is -1.02. The molecule has 2 bridgehead atoms. The molecule has 2 aliphatic rings. The van der Waals surface area contributed by atoms with Gasteiger partial charge >= 0.3 is 11.9 Å². The van der Waals surface area contributed by atoms with Crippen LogP contribution in [0.4, 0.5) is 0 Å². The molecular formula is C25H44O7S. The number of hydrogen-bond donors (Lipinski definition) is 1. The van der Waals surface area contributed by atoms with E-state index in [0.29, 0.717) is 19.3 Å². The molecule has 0 aromatic rings. The molecule has 2 saturated carbocycles. The summed E-state index contributed by atoms with van der Waals surface area (Å²) >= 11 is 0. The molecule has 0 amide bonds. The molecule has 1 N–H and O–H groups in total. The van der Waals surface area contributed by atoms with Crippen molar-refractivity contribution in [3.63, 3.8) is 0 Å². The van der Waals surface area contributed by atoms with E-state index < -0.39 is 45.1 Å². The van der Waals surface area contributed by atoms with Crippen LogP contribution in [0, 0.1) is 23.7 Å². The number of ether oxygens (including phenoxy) is 2. The second kappa shape index (κ2) is 13.1. The van der Waals surface area contributed by atoms with E-state index in [-0.39, 0.29) is 24.5 Å². The fraction of sp³-hybridized carbons (Fsp3) is 0.920. The van der Waals surface area contributed by atoms with E-state index in [2.05, 4.69) is 13.8 Å². The van der Waals surface area contributed by atoms with E-state index in [9.17, 15) is 22.6 Å². The topological polar surface area (TPSA) is 107 Å². The molecule has 0 aliphatic heterocycles. The highest BCUT2D eigenvalue weighted by atomic mass is 32.2. The van der Waals surface area contributed by atoms with Gasteiger partial charge in [-0.2, -0.15) is 8.42 Å². The quantitative estimate of drug-likeness (QED) is 0.189. The molecule has 7 atom stereocenters. The zero-order valence-corrected chi connectivity index (χ0v) is 21.6. The van der Waals surface area contributed by atoms with E-state index in [1.165, 1.54) is 0 Å². The lowest BCUT2D eigenvalue weighted by atomic mass is 9.79. The number of carbonyl (C=O) groups is 2. The molecule has 33 heavy (non-hydrogen) atoms. The van der Waals surface area contributed by atoms with Gasteiger partial charge in [0.05, 0.1) is 17.1 Å². The van der Waals surface area contributed by atoms with Crippen LogP contribution in [0.15, 0.2) is 0 Å². The van der Waals surface area contributed by atoms with Crippen molar-refractivity contribution in [2.45, 2.75) is 122 Å². The molecule has 0 aromatic carbocycles. The molecule has 2 fully saturated rings. The number of esters is 2. The van der Waals surface area contributed by atoms with Crippen molar-refractivity contribution in [3.8, 4) is 0 Å². The number of hydrogen-bond acceptors (Lipinski definition) is 6. The van der Waals surface area contributed by atoms with Crippen LogP contribution in [0.3, 0.4) is 0 Å². The number of carbonyl (C=O) groups excluding carboxylic acids is 2. The van der Waals surface area contributed by atoms with Crippen molar-refractivity contribution in [3.05, 3.63) is 0 Å². The summed E-state index contributed by atoms with van der Waals surface area (Å²) in [6, 6.07) is 0. The standard InChI is InChI=1S/C25H44O7S/c1-5-9-11-13-18(7-3)31-24(26)22-17-15-20(21(16-17)33(28,29)30)23(22)25(27)32-19(8-4)14-12-10-6-2/h17-23H,5-16H2,1-4H3,(H,28,29,30)/t17-,18-,19-,20+,21+,22?,23?/m1/s1. The lowest BCUT2D eigenvalue weighted by molar-refractivity contribution is -0.170. The van der Waals surface area contributed by atoms with Gasteiger partial charge in [-0.15, -0.1) is 0 Å². The minimum atomic E-state index is -4.30. The molecule has 192 valence electrons. The van der Waals surface area contributed by atoms with E-state index in [1.807, 2.05) is 13.8 Å². The minimum Gasteiger partial charge on any atom is -0.462 e. The largest absolute Gasteiger partial charge is 0.462 e. The lowest BCUT2D eigenvalue weighted by Gasteiger charge is -2.33. The van der Waals surface area contributed by atoms with Crippen LogP contribution in [0.1, 0.15) is 105 Å². The van der Waals surface area contributed by atoms with Crippen LogP contribution >= 0.6 is 0 Å². The number of unbranched alkanes of at least 4 members (excludes halogenated alkanes) is 4. The van der Waals surface area contributed by atoms with Gasteiger partial charge in [0.15, 0.2) is 0 Å². The Morgan fingerprint density at radius 1 is 0.818 bits per heavy atom. The molecule has 7 nitrogen and oxygen atoms in total. The summed E-state index contributed by atoms with van der Waals surface area (Å²) < 4.78 is 45.3. The Morgan fingerprint density at radius 2 is 1.30 bits per heavy atom. The molecule has 0 aromatic heterocycles. The van der Waals surface area contributed by atoms with Crippen LogP contribution in [0.5, 0.6) is 0 Å². The Bertz CT molecular complexity index is 735. The molecule has 2 unspecified atom stereocenters. The van der Waals surface area contributed by atoms with E-state index in [0.717, 1.165) is 51.4 Å². The Hall–Kier alpha value is -1.15. The highest BCUT2D eigenvalue weighted by molar-refractivity contribution is 7.86. The Balaban J connectivity index is 2.17. The molecule has 2 aliphatic carbocycles. The second-order valence-corrected chi connectivity index (χ2v) is 11.6. The highest BCUT2D eigenvalue weighted by Crippen LogP contribution is 2.55. The van der Waals surface area contributed by atoms with Gasteiger partial charge in [0.2, 0.25) is 0 Å².